The summed E-state index contributed by atoms with van der Waals surface area (Å²) in [6, 6.07) is 9.16. The third-order valence-corrected chi connectivity index (χ3v) is 2.43. The standard InChI is InChI=1S/C12H11N5O/c13-5-8-1-3-9(4-2-8)6-15-11-10(14)12(18)17-7-16-11/h1-4,7H,6,14H2,(H2,15,16,17,18). The van der Waals surface area contributed by atoms with Crippen LogP contribution in [0.1, 0.15) is 11.1 Å². The Bertz CT molecular complexity index is 639. The zero-order valence-corrected chi connectivity index (χ0v) is 9.47. The summed E-state index contributed by atoms with van der Waals surface area (Å²) in [5.41, 5.74) is 6.85. The van der Waals surface area contributed by atoms with Crippen molar-refractivity contribution >= 4 is 11.5 Å². The van der Waals surface area contributed by atoms with Crippen LogP contribution in [0.2, 0.25) is 0 Å². The summed E-state index contributed by atoms with van der Waals surface area (Å²) in [5, 5.41) is 11.6. The van der Waals surface area contributed by atoms with Gasteiger partial charge in [-0.25, -0.2) is 4.98 Å². The number of anilines is 2. The first-order valence-electron chi connectivity index (χ1n) is 5.27. The summed E-state index contributed by atoms with van der Waals surface area (Å²) in [5.74, 6) is 0.350. The molecule has 18 heavy (non-hydrogen) atoms. The van der Waals surface area contributed by atoms with E-state index in [1.165, 1.54) is 6.33 Å². The lowest BCUT2D eigenvalue weighted by molar-refractivity contribution is 1.07. The third kappa shape index (κ3) is 2.47. The Labute approximate surface area is 103 Å². The van der Waals surface area contributed by atoms with E-state index in [1.807, 2.05) is 18.2 Å². The van der Waals surface area contributed by atoms with Gasteiger partial charge >= 0.3 is 0 Å². The Kier molecular flexibility index (Phi) is 3.25. The van der Waals surface area contributed by atoms with E-state index < -0.39 is 0 Å². The molecule has 90 valence electrons. The average molecular weight is 241 g/mol. The number of nitriles is 1. The van der Waals surface area contributed by atoms with Gasteiger partial charge in [0.05, 0.1) is 18.0 Å². The van der Waals surface area contributed by atoms with Crippen LogP contribution in [-0.2, 0) is 6.54 Å². The minimum atomic E-state index is -0.368. The molecule has 0 bridgehead atoms. The highest BCUT2D eigenvalue weighted by Gasteiger charge is 2.03. The smallest absolute Gasteiger partial charge is 0.276 e. The highest BCUT2D eigenvalue weighted by atomic mass is 16.1. The van der Waals surface area contributed by atoms with E-state index in [9.17, 15) is 4.79 Å². The second-order valence-corrected chi connectivity index (χ2v) is 3.66. The zero-order chi connectivity index (χ0) is 13.0. The molecule has 2 rings (SSSR count). The van der Waals surface area contributed by atoms with E-state index in [2.05, 4.69) is 15.3 Å². The minimum Gasteiger partial charge on any atom is -0.391 e. The number of hydrogen-bond acceptors (Lipinski definition) is 5. The van der Waals surface area contributed by atoms with Crippen LogP contribution in [0.3, 0.4) is 0 Å². The molecular formula is C12H11N5O. The predicted molar refractivity (Wildman–Crippen MR) is 67.8 cm³/mol. The molecule has 0 radical (unpaired) electrons. The van der Waals surface area contributed by atoms with Gasteiger partial charge in [0.2, 0.25) is 0 Å². The number of benzene rings is 1. The number of nitrogen functional groups attached to an aromatic ring is 1. The number of nitrogens with one attached hydrogen (secondary N) is 2. The van der Waals surface area contributed by atoms with Gasteiger partial charge in [0.25, 0.3) is 5.56 Å². The number of aromatic amines is 1. The first-order valence-corrected chi connectivity index (χ1v) is 5.27. The lowest BCUT2D eigenvalue weighted by atomic mass is 10.1. The maximum absolute atomic E-state index is 11.2. The molecule has 6 nitrogen and oxygen atoms in total. The number of nitrogens with zero attached hydrogens (tertiary/aromatic N) is 2. The molecule has 0 aliphatic heterocycles. The highest BCUT2D eigenvalue weighted by Crippen LogP contribution is 2.10. The molecule has 1 aromatic carbocycles. The van der Waals surface area contributed by atoms with Gasteiger partial charge in [-0.3, -0.25) is 4.79 Å². The molecule has 0 aliphatic rings. The number of H-pyrrole nitrogens is 1. The quantitative estimate of drug-likeness (QED) is 0.737. The molecule has 0 fully saturated rings. The van der Waals surface area contributed by atoms with Crippen LogP contribution in [0.25, 0.3) is 0 Å². The molecule has 4 N–H and O–H groups in total. The van der Waals surface area contributed by atoms with Gasteiger partial charge in [-0.15, -0.1) is 0 Å². The SMILES string of the molecule is N#Cc1ccc(CNc2nc[nH]c(=O)c2N)cc1. The van der Waals surface area contributed by atoms with Crippen molar-refractivity contribution in [1.29, 1.82) is 5.26 Å². The van der Waals surface area contributed by atoms with Gasteiger partial charge in [0.15, 0.2) is 5.82 Å². The van der Waals surface area contributed by atoms with Crippen LogP contribution < -0.4 is 16.6 Å². The van der Waals surface area contributed by atoms with Crippen molar-refractivity contribution in [3.63, 3.8) is 0 Å². The molecule has 0 saturated carbocycles. The predicted octanol–water partition coefficient (Wildman–Crippen LogP) is 0.836. The second-order valence-electron chi connectivity index (χ2n) is 3.66. The maximum atomic E-state index is 11.2. The molecule has 0 spiro atoms. The van der Waals surface area contributed by atoms with Crippen LogP contribution in [0.4, 0.5) is 11.5 Å². The summed E-state index contributed by atoms with van der Waals surface area (Å²) in [4.78, 5) is 17.6. The lowest BCUT2D eigenvalue weighted by Gasteiger charge is -2.07. The largest absolute Gasteiger partial charge is 0.391 e. The van der Waals surface area contributed by atoms with Crippen molar-refractivity contribution in [1.82, 2.24) is 9.97 Å². The minimum absolute atomic E-state index is 0.0612. The molecule has 0 saturated heterocycles. The van der Waals surface area contributed by atoms with Gasteiger partial charge in [0.1, 0.15) is 5.69 Å². The Balaban J connectivity index is 2.09. The van der Waals surface area contributed by atoms with Crippen molar-refractivity contribution in [2.24, 2.45) is 0 Å². The normalized spacial score (nSPS) is 9.72. The number of aromatic nitrogens is 2. The van der Waals surface area contributed by atoms with Crippen LogP contribution in [0.15, 0.2) is 35.4 Å². The highest BCUT2D eigenvalue weighted by molar-refractivity contribution is 5.59. The fourth-order valence-corrected chi connectivity index (χ4v) is 1.43. The maximum Gasteiger partial charge on any atom is 0.276 e. The topological polar surface area (TPSA) is 108 Å². The van der Waals surface area contributed by atoms with Crippen LogP contribution in [-0.4, -0.2) is 9.97 Å². The lowest BCUT2D eigenvalue weighted by Crippen LogP contribution is -2.16. The Morgan fingerprint density at radius 1 is 1.39 bits per heavy atom. The summed E-state index contributed by atoms with van der Waals surface area (Å²) in [6.45, 7) is 0.479. The van der Waals surface area contributed by atoms with E-state index in [4.69, 9.17) is 11.0 Å². The third-order valence-electron chi connectivity index (χ3n) is 2.43. The van der Waals surface area contributed by atoms with E-state index in [0.29, 0.717) is 17.9 Å². The molecular weight excluding hydrogens is 230 g/mol. The molecule has 1 heterocycles. The van der Waals surface area contributed by atoms with Gasteiger partial charge in [0, 0.05) is 6.54 Å². The van der Waals surface area contributed by atoms with Gasteiger partial charge in [-0.1, -0.05) is 12.1 Å². The molecule has 0 unspecified atom stereocenters. The van der Waals surface area contributed by atoms with Crippen LogP contribution >= 0.6 is 0 Å². The van der Waals surface area contributed by atoms with Gasteiger partial charge < -0.3 is 16.0 Å². The van der Waals surface area contributed by atoms with E-state index in [0.717, 1.165) is 5.56 Å². The molecule has 0 aliphatic carbocycles. The first kappa shape index (κ1) is 11.7. The van der Waals surface area contributed by atoms with Crippen LogP contribution in [0, 0.1) is 11.3 Å². The van der Waals surface area contributed by atoms with Gasteiger partial charge in [-0.05, 0) is 17.7 Å². The summed E-state index contributed by atoms with van der Waals surface area (Å²) >= 11 is 0. The van der Waals surface area contributed by atoms with Crippen molar-refractivity contribution in [3.8, 4) is 6.07 Å². The van der Waals surface area contributed by atoms with Crippen molar-refractivity contribution in [2.75, 3.05) is 11.1 Å². The number of nitrogens with two attached hydrogens (primary N) is 1. The molecule has 6 heteroatoms. The van der Waals surface area contributed by atoms with Gasteiger partial charge in [-0.2, -0.15) is 5.26 Å². The first-order chi connectivity index (χ1) is 8.70. The Morgan fingerprint density at radius 2 is 2.11 bits per heavy atom. The van der Waals surface area contributed by atoms with Crippen molar-refractivity contribution in [2.45, 2.75) is 6.54 Å². The summed E-state index contributed by atoms with van der Waals surface area (Å²) in [6.07, 6.45) is 1.29. The Hall–Kier alpha value is -2.81. The molecule has 0 atom stereocenters. The average Bonchev–Trinajstić information content (AvgIpc) is 2.41. The van der Waals surface area contributed by atoms with E-state index in [-0.39, 0.29) is 11.2 Å². The summed E-state index contributed by atoms with van der Waals surface area (Å²) in [7, 11) is 0. The monoisotopic (exact) mass is 241 g/mol. The number of rotatable bonds is 3. The molecule has 1 aromatic heterocycles. The number of hydrogen-bond donors (Lipinski definition) is 3. The van der Waals surface area contributed by atoms with Crippen molar-refractivity contribution < 1.29 is 0 Å². The molecule has 2 aromatic rings. The van der Waals surface area contributed by atoms with Crippen LogP contribution in [0.5, 0.6) is 0 Å². The van der Waals surface area contributed by atoms with E-state index in [1.54, 1.807) is 12.1 Å². The second kappa shape index (κ2) is 5.01. The Morgan fingerprint density at radius 3 is 2.78 bits per heavy atom. The fourth-order valence-electron chi connectivity index (χ4n) is 1.43. The summed E-state index contributed by atoms with van der Waals surface area (Å²) < 4.78 is 0. The molecule has 0 amide bonds. The van der Waals surface area contributed by atoms with Crippen molar-refractivity contribution in [3.05, 3.63) is 52.1 Å². The van der Waals surface area contributed by atoms with E-state index >= 15 is 0 Å². The fraction of sp³-hybridized carbons (Fsp3) is 0.0833. The zero-order valence-electron chi connectivity index (χ0n) is 9.47.